The number of nitrogens with zero attached hydrogens (tertiary/aromatic N) is 2. The first-order chi connectivity index (χ1) is 7.33. The molecule has 0 saturated carbocycles. The van der Waals surface area contributed by atoms with E-state index < -0.39 is 5.69 Å². The van der Waals surface area contributed by atoms with Crippen LogP contribution in [0.4, 0.5) is 11.5 Å². The Morgan fingerprint density at radius 3 is 3.07 bits per heavy atom. The van der Waals surface area contributed by atoms with E-state index in [0.29, 0.717) is 10.8 Å². The summed E-state index contributed by atoms with van der Waals surface area (Å²) in [6.45, 7) is 0. The van der Waals surface area contributed by atoms with Crippen LogP contribution in [0.1, 0.15) is 0 Å². The molecule has 1 aromatic heterocycles. The van der Waals surface area contributed by atoms with E-state index in [1.165, 1.54) is 11.8 Å². The molecule has 2 heterocycles. The molecular weight excluding hydrogens is 212 g/mol. The van der Waals surface area contributed by atoms with Gasteiger partial charge in [0.05, 0.1) is 5.69 Å². The standard InChI is InChI=1S/C9H6N4OS/c14-9-11-7-8(12-13-9)15-6-4-2-1-3-5(6)10-7/h1-4H,(H2,10,11,13,14). The minimum absolute atomic E-state index is 0.443. The van der Waals surface area contributed by atoms with E-state index in [-0.39, 0.29) is 0 Å². The molecule has 1 aliphatic heterocycles. The number of hydrogen-bond donors (Lipinski definition) is 2. The number of aromatic nitrogens is 3. The zero-order chi connectivity index (χ0) is 10.3. The maximum Gasteiger partial charge on any atom is 0.363 e. The van der Waals surface area contributed by atoms with Crippen LogP contribution in [0, 0.1) is 0 Å². The third-order valence-electron chi connectivity index (χ3n) is 2.02. The number of para-hydroxylation sites is 1. The predicted molar refractivity (Wildman–Crippen MR) is 56.5 cm³/mol. The molecule has 0 saturated heterocycles. The maximum atomic E-state index is 11.0. The number of hydrogen-bond acceptors (Lipinski definition) is 5. The summed E-state index contributed by atoms with van der Waals surface area (Å²) in [5, 5.41) is 9.99. The summed E-state index contributed by atoms with van der Waals surface area (Å²) in [6, 6.07) is 7.81. The summed E-state index contributed by atoms with van der Waals surface area (Å²) in [6.07, 6.45) is 0. The molecule has 2 aromatic rings. The Hall–Kier alpha value is -1.82. The number of H-pyrrole nitrogens is 1. The summed E-state index contributed by atoms with van der Waals surface area (Å²) in [5.41, 5.74) is 0.510. The van der Waals surface area contributed by atoms with Gasteiger partial charge >= 0.3 is 5.69 Å². The van der Waals surface area contributed by atoms with Crippen LogP contribution in [0.3, 0.4) is 0 Å². The molecule has 0 fully saturated rings. The summed E-state index contributed by atoms with van der Waals surface area (Å²) in [7, 11) is 0. The first-order valence-corrected chi connectivity index (χ1v) is 5.15. The maximum absolute atomic E-state index is 11.0. The van der Waals surface area contributed by atoms with Gasteiger partial charge in [-0.2, -0.15) is 10.1 Å². The SMILES string of the molecule is O=c1nc2c(n[nH]1)Sc1ccccc1N2. The Morgan fingerprint density at radius 1 is 1.27 bits per heavy atom. The lowest BCUT2D eigenvalue weighted by atomic mass is 10.3. The zero-order valence-electron chi connectivity index (χ0n) is 7.52. The highest BCUT2D eigenvalue weighted by molar-refractivity contribution is 7.99. The summed E-state index contributed by atoms with van der Waals surface area (Å²) in [4.78, 5) is 15.9. The van der Waals surface area contributed by atoms with Crippen LogP contribution in [0.5, 0.6) is 0 Å². The van der Waals surface area contributed by atoms with Gasteiger partial charge in [-0.1, -0.05) is 23.9 Å². The van der Waals surface area contributed by atoms with Crippen molar-refractivity contribution in [1.29, 1.82) is 0 Å². The fourth-order valence-corrected chi connectivity index (χ4v) is 2.24. The molecule has 0 spiro atoms. The number of aromatic amines is 1. The number of fused-ring (bicyclic) bond motifs is 2. The lowest BCUT2D eigenvalue weighted by molar-refractivity contribution is 0.840. The van der Waals surface area contributed by atoms with E-state index in [1.54, 1.807) is 0 Å². The Bertz CT molecular complexity index is 580. The molecule has 5 nitrogen and oxygen atoms in total. The molecule has 0 radical (unpaired) electrons. The normalized spacial score (nSPS) is 12.5. The monoisotopic (exact) mass is 218 g/mol. The first kappa shape index (κ1) is 8.49. The molecule has 1 aromatic carbocycles. The second-order valence-corrected chi connectivity index (χ2v) is 4.05. The first-order valence-electron chi connectivity index (χ1n) is 4.33. The fourth-order valence-electron chi connectivity index (χ4n) is 1.37. The van der Waals surface area contributed by atoms with Crippen molar-refractivity contribution in [3.05, 3.63) is 34.7 Å². The number of nitrogens with one attached hydrogen (secondary N) is 2. The van der Waals surface area contributed by atoms with Crippen molar-refractivity contribution in [3.63, 3.8) is 0 Å². The summed E-state index contributed by atoms with van der Waals surface area (Å²) in [5.74, 6) is 0.516. The Kier molecular flexibility index (Phi) is 1.75. The topological polar surface area (TPSA) is 70.7 Å². The lowest BCUT2D eigenvalue weighted by Crippen LogP contribution is -2.16. The number of benzene rings is 1. The van der Waals surface area contributed by atoms with E-state index in [0.717, 1.165) is 10.6 Å². The molecule has 0 amide bonds. The van der Waals surface area contributed by atoms with Crippen molar-refractivity contribution >= 4 is 23.3 Å². The third kappa shape index (κ3) is 1.39. The van der Waals surface area contributed by atoms with Crippen LogP contribution < -0.4 is 11.0 Å². The van der Waals surface area contributed by atoms with Gasteiger partial charge in [0.25, 0.3) is 0 Å². The molecule has 74 valence electrons. The van der Waals surface area contributed by atoms with Crippen molar-refractivity contribution in [1.82, 2.24) is 15.2 Å². The van der Waals surface area contributed by atoms with Gasteiger partial charge in [0.15, 0.2) is 10.8 Å². The molecule has 15 heavy (non-hydrogen) atoms. The summed E-state index contributed by atoms with van der Waals surface area (Å²) < 4.78 is 0. The van der Waals surface area contributed by atoms with E-state index >= 15 is 0 Å². The minimum Gasteiger partial charge on any atom is -0.337 e. The molecule has 1 aliphatic rings. The second kappa shape index (κ2) is 3.09. The Morgan fingerprint density at radius 2 is 2.13 bits per heavy atom. The molecule has 0 atom stereocenters. The van der Waals surface area contributed by atoms with E-state index in [4.69, 9.17) is 0 Å². The molecule has 0 unspecified atom stereocenters. The average molecular weight is 218 g/mol. The minimum atomic E-state index is -0.443. The van der Waals surface area contributed by atoms with E-state index in [1.807, 2.05) is 24.3 Å². The van der Waals surface area contributed by atoms with E-state index in [2.05, 4.69) is 20.5 Å². The molecular formula is C9H6N4OS. The predicted octanol–water partition coefficient (Wildman–Crippen LogP) is 1.37. The van der Waals surface area contributed by atoms with Gasteiger partial charge in [0.1, 0.15) is 0 Å². The van der Waals surface area contributed by atoms with Gasteiger partial charge in [0, 0.05) is 4.90 Å². The van der Waals surface area contributed by atoms with Crippen LogP contribution in [-0.2, 0) is 0 Å². The van der Waals surface area contributed by atoms with Gasteiger partial charge in [-0.25, -0.2) is 9.89 Å². The van der Waals surface area contributed by atoms with Gasteiger partial charge < -0.3 is 5.32 Å². The summed E-state index contributed by atoms with van der Waals surface area (Å²) >= 11 is 1.48. The number of rotatable bonds is 0. The highest BCUT2D eigenvalue weighted by Gasteiger charge is 2.17. The lowest BCUT2D eigenvalue weighted by Gasteiger charge is -2.17. The molecule has 2 N–H and O–H groups in total. The van der Waals surface area contributed by atoms with Crippen molar-refractivity contribution in [2.45, 2.75) is 9.92 Å². The van der Waals surface area contributed by atoms with Crippen molar-refractivity contribution in [2.75, 3.05) is 5.32 Å². The second-order valence-electron chi connectivity index (χ2n) is 3.02. The molecule has 0 aliphatic carbocycles. The molecule has 0 bridgehead atoms. The molecule has 6 heteroatoms. The highest BCUT2D eigenvalue weighted by Crippen LogP contribution is 2.40. The van der Waals surface area contributed by atoms with Gasteiger partial charge in [-0.15, -0.1) is 0 Å². The third-order valence-corrected chi connectivity index (χ3v) is 3.07. The smallest absolute Gasteiger partial charge is 0.337 e. The van der Waals surface area contributed by atoms with Crippen LogP contribution in [0.15, 0.2) is 39.0 Å². The molecule has 3 rings (SSSR count). The largest absolute Gasteiger partial charge is 0.363 e. The zero-order valence-corrected chi connectivity index (χ0v) is 8.34. The van der Waals surface area contributed by atoms with Crippen molar-refractivity contribution in [3.8, 4) is 0 Å². The van der Waals surface area contributed by atoms with Gasteiger partial charge in [-0.05, 0) is 12.1 Å². The van der Waals surface area contributed by atoms with Crippen LogP contribution in [-0.4, -0.2) is 15.2 Å². The van der Waals surface area contributed by atoms with Crippen molar-refractivity contribution < 1.29 is 0 Å². The van der Waals surface area contributed by atoms with E-state index in [9.17, 15) is 4.79 Å². The van der Waals surface area contributed by atoms with Crippen LogP contribution in [0.2, 0.25) is 0 Å². The number of anilines is 2. The van der Waals surface area contributed by atoms with Crippen LogP contribution >= 0.6 is 11.8 Å². The Balaban J connectivity index is 2.15. The highest BCUT2D eigenvalue weighted by atomic mass is 32.2. The average Bonchev–Trinajstić information content (AvgIpc) is 2.26. The van der Waals surface area contributed by atoms with Gasteiger partial charge in [0.2, 0.25) is 0 Å². The quantitative estimate of drug-likeness (QED) is 0.596. The van der Waals surface area contributed by atoms with Crippen LogP contribution in [0.25, 0.3) is 0 Å². The van der Waals surface area contributed by atoms with Gasteiger partial charge in [-0.3, -0.25) is 0 Å². The Labute approximate surface area is 88.9 Å². The van der Waals surface area contributed by atoms with Crippen molar-refractivity contribution in [2.24, 2.45) is 0 Å². The fraction of sp³-hybridized carbons (Fsp3) is 0.